The molecule has 0 fully saturated rings. The Morgan fingerprint density at radius 1 is 1.11 bits per heavy atom. The fourth-order valence-electron chi connectivity index (χ4n) is 1.52. The van der Waals surface area contributed by atoms with Gasteiger partial charge >= 0.3 is 0 Å². The Morgan fingerprint density at radius 3 is 2.67 bits per heavy atom. The van der Waals surface area contributed by atoms with E-state index in [0.717, 1.165) is 10.2 Å². The fraction of sp³-hybridized carbons (Fsp3) is 0.143. The lowest BCUT2D eigenvalue weighted by molar-refractivity contribution is 0.338. The molecular formula is C14H14BrNO2. The third-order valence-corrected chi connectivity index (χ3v) is 2.81. The Balaban J connectivity index is 2.22. The van der Waals surface area contributed by atoms with Crippen molar-refractivity contribution in [1.29, 1.82) is 0 Å². The van der Waals surface area contributed by atoms with Crippen LogP contribution in [0, 0.1) is 0 Å². The zero-order valence-corrected chi connectivity index (χ0v) is 11.6. The van der Waals surface area contributed by atoms with Crippen molar-refractivity contribution in [2.45, 2.75) is 6.92 Å². The van der Waals surface area contributed by atoms with Gasteiger partial charge in [0.2, 0.25) is 0 Å². The maximum Gasteiger partial charge on any atom is 0.151 e. The molecule has 18 heavy (non-hydrogen) atoms. The molecule has 2 rings (SSSR count). The van der Waals surface area contributed by atoms with Gasteiger partial charge in [-0.1, -0.05) is 22.0 Å². The van der Waals surface area contributed by atoms with E-state index >= 15 is 0 Å². The molecule has 0 spiro atoms. The number of nitrogen functional groups attached to an aromatic ring is 1. The number of anilines is 1. The van der Waals surface area contributed by atoms with Gasteiger partial charge in [-0.05, 0) is 37.3 Å². The average molecular weight is 308 g/mol. The average Bonchev–Trinajstić information content (AvgIpc) is 2.35. The number of rotatable bonds is 4. The lowest BCUT2D eigenvalue weighted by Crippen LogP contribution is -1.94. The summed E-state index contributed by atoms with van der Waals surface area (Å²) in [5, 5.41) is 0. The topological polar surface area (TPSA) is 44.5 Å². The first-order chi connectivity index (χ1) is 8.69. The summed E-state index contributed by atoms with van der Waals surface area (Å²) in [5.74, 6) is 2.10. The van der Waals surface area contributed by atoms with Crippen molar-refractivity contribution < 1.29 is 9.47 Å². The highest BCUT2D eigenvalue weighted by Crippen LogP contribution is 2.31. The molecule has 0 aliphatic carbocycles. The molecule has 0 atom stereocenters. The van der Waals surface area contributed by atoms with Gasteiger partial charge in [0.15, 0.2) is 5.75 Å². The van der Waals surface area contributed by atoms with Crippen LogP contribution >= 0.6 is 15.9 Å². The van der Waals surface area contributed by atoms with Crippen LogP contribution in [0.5, 0.6) is 17.2 Å². The van der Waals surface area contributed by atoms with Gasteiger partial charge in [0, 0.05) is 10.5 Å². The summed E-state index contributed by atoms with van der Waals surface area (Å²) in [6, 6.07) is 13.0. The van der Waals surface area contributed by atoms with E-state index in [9.17, 15) is 0 Å². The van der Waals surface area contributed by atoms with Crippen molar-refractivity contribution in [1.82, 2.24) is 0 Å². The Bertz CT molecular complexity index is 543. The summed E-state index contributed by atoms with van der Waals surface area (Å²) in [6.45, 7) is 2.57. The van der Waals surface area contributed by atoms with Crippen LogP contribution in [0.25, 0.3) is 0 Å². The maximum atomic E-state index is 5.86. The van der Waals surface area contributed by atoms with Crippen LogP contribution in [0.4, 0.5) is 5.69 Å². The molecule has 2 N–H and O–H groups in total. The number of halogens is 1. The zero-order valence-electron chi connectivity index (χ0n) is 10.0. The normalized spacial score (nSPS) is 10.1. The molecule has 2 aromatic rings. The van der Waals surface area contributed by atoms with E-state index in [2.05, 4.69) is 15.9 Å². The van der Waals surface area contributed by atoms with Crippen LogP contribution in [0.3, 0.4) is 0 Å². The molecule has 0 aliphatic rings. The van der Waals surface area contributed by atoms with Crippen molar-refractivity contribution in [3.8, 4) is 17.2 Å². The monoisotopic (exact) mass is 307 g/mol. The molecule has 0 saturated heterocycles. The molecule has 3 nitrogen and oxygen atoms in total. The Labute approximate surface area is 115 Å². The summed E-state index contributed by atoms with van der Waals surface area (Å²) in [5.41, 5.74) is 6.45. The fourth-order valence-corrected chi connectivity index (χ4v) is 1.86. The van der Waals surface area contributed by atoms with Crippen molar-refractivity contribution in [3.05, 3.63) is 46.9 Å². The second kappa shape index (κ2) is 5.78. The number of hydrogen-bond donors (Lipinski definition) is 1. The zero-order chi connectivity index (χ0) is 13.0. The van der Waals surface area contributed by atoms with E-state index in [0.29, 0.717) is 23.8 Å². The molecule has 94 valence electrons. The highest BCUT2D eigenvalue weighted by Gasteiger charge is 2.04. The van der Waals surface area contributed by atoms with E-state index < -0.39 is 0 Å². The third kappa shape index (κ3) is 3.17. The van der Waals surface area contributed by atoms with E-state index in [4.69, 9.17) is 15.2 Å². The highest BCUT2D eigenvalue weighted by molar-refractivity contribution is 9.10. The van der Waals surface area contributed by atoms with Crippen molar-refractivity contribution in [3.63, 3.8) is 0 Å². The number of benzene rings is 2. The summed E-state index contributed by atoms with van der Waals surface area (Å²) < 4.78 is 12.1. The van der Waals surface area contributed by atoms with Crippen molar-refractivity contribution in [2.75, 3.05) is 12.3 Å². The second-order valence-electron chi connectivity index (χ2n) is 3.69. The Morgan fingerprint density at radius 2 is 1.89 bits per heavy atom. The molecule has 4 heteroatoms. The van der Waals surface area contributed by atoms with E-state index in [-0.39, 0.29) is 0 Å². The molecule has 0 radical (unpaired) electrons. The molecule has 0 unspecified atom stereocenters. The lowest BCUT2D eigenvalue weighted by atomic mass is 10.3. The number of hydrogen-bond acceptors (Lipinski definition) is 3. The van der Waals surface area contributed by atoms with E-state index in [1.165, 1.54) is 0 Å². The quantitative estimate of drug-likeness (QED) is 0.860. The molecule has 0 heterocycles. The maximum absolute atomic E-state index is 5.86. The predicted octanol–water partition coefficient (Wildman–Crippen LogP) is 4.22. The first kappa shape index (κ1) is 12.8. The van der Waals surface area contributed by atoms with Gasteiger partial charge in [0.25, 0.3) is 0 Å². The summed E-state index contributed by atoms with van der Waals surface area (Å²) in [4.78, 5) is 0. The first-order valence-corrected chi connectivity index (χ1v) is 6.44. The van der Waals surface area contributed by atoms with Crippen molar-refractivity contribution in [2.24, 2.45) is 0 Å². The standard InChI is InChI=1S/C14H14BrNO2/c1-2-17-11-4-3-5-12(9-11)18-14-8-10(15)6-7-13(14)16/h3-9H,2,16H2,1H3. The van der Waals surface area contributed by atoms with Crippen LogP contribution in [-0.4, -0.2) is 6.61 Å². The summed E-state index contributed by atoms with van der Waals surface area (Å²) >= 11 is 3.39. The Kier molecular flexibility index (Phi) is 4.10. The van der Waals surface area contributed by atoms with Gasteiger partial charge in [0.05, 0.1) is 12.3 Å². The van der Waals surface area contributed by atoms with Crippen LogP contribution < -0.4 is 15.2 Å². The molecular weight excluding hydrogens is 294 g/mol. The molecule has 0 bridgehead atoms. The van der Waals surface area contributed by atoms with Gasteiger partial charge in [-0.25, -0.2) is 0 Å². The van der Waals surface area contributed by atoms with Gasteiger partial charge in [0.1, 0.15) is 11.5 Å². The van der Waals surface area contributed by atoms with E-state index in [1.54, 1.807) is 6.07 Å². The minimum atomic E-state index is 0.597. The molecule has 0 amide bonds. The predicted molar refractivity (Wildman–Crippen MR) is 76.2 cm³/mol. The van der Waals surface area contributed by atoms with Crippen LogP contribution in [0.15, 0.2) is 46.9 Å². The number of nitrogens with two attached hydrogens (primary N) is 1. The van der Waals surface area contributed by atoms with Gasteiger partial charge < -0.3 is 15.2 Å². The number of ether oxygens (including phenoxy) is 2. The van der Waals surface area contributed by atoms with Crippen LogP contribution in [0.2, 0.25) is 0 Å². The van der Waals surface area contributed by atoms with Crippen LogP contribution in [0.1, 0.15) is 6.92 Å². The molecule has 2 aromatic carbocycles. The molecule has 0 aliphatic heterocycles. The Hall–Kier alpha value is -1.68. The van der Waals surface area contributed by atoms with Gasteiger partial charge in [-0.15, -0.1) is 0 Å². The highest BCUT2D eigenvalue weighted by atomic mass is 79.9. The minimum absolute atomic E-state index is 0.597. The van der Waals surface area contributed by atoms with Gasteiger partial charge in [-0.2, -0.15) is 0 Å². The minimum Gasteiger partial charge on any atom is -0.494 e. The van der Waals surface area contributed by atoms with Gasteiger partial charge in [-0.3, -0.25) is 0 Å². The largest absolute Gasteiger partial charge is 0.494 e. The smallest absolute Gasteiger partial charge is 0.151 e. The molecule has 0 saturated carbocycles. The van der Waals surface area contributed by atoms with Crippen molar-refractivity contribution >= 4 is 21.6 Å². The third-order valence-electron chi connectivity index (χ3n) is 2.32. The van der Waals surface area contributed by atoms with Crippen LogP contribution in [-0.2, 0) is 0 Å². The molecule has 0 aromatic heterocycles. The lowest BCUT2D eigenvalue weighted by Gasteiger charge is -2.10. The van der Waals surface area contributed by atoms with E-state index in [1.807, 2.05) is 43.3 Å². The SMILES string of the molecule is CCOc1cccc(Oc2cc(Br)ccc2N)c1. The first-order valence-electron chi connectivity index (χ1n) is 5.65. The second-order valence-corrected chi connectivity index (χ2v) is 4.61. The summed E-state index contributed by atoms with van der Waals surface area (Å²) in [7, 11) is 0. The summed E-state index contributed by atoms with van der Waals surface area (Å²) in [6.07, 6.45) is 0.